The lowest BCUT2D eigenvalue weighted by atomic mass is 9.79. The molecule has 0 amide bonds. The van der Waals surface area contributed by atoms with Gasteiger partial charge < -0.3 is 25.5 Å². The van der Waals surface area contributed by atoms with Crippen molar-refractivity contribution >= 4 is 17.1 Å². The van der Waals surface area contributed by atoms with Crippen molar-refractivity contribution in [1.82, 2.24) is 0 Å². The Kier molecular flexibility index (Phi) is 8.85. The van der Waals surface area contributed by atoms with Crippen LogP contribution in [0.4, 0.5) is 17.1 Å². The normalized spacial score (nSPS) is 13.3. The Morgan fingerprint density at radius 2 is 1.63 bits per heavy atom. The molecule has 166 valence electrons. The summed E-state index contributed by atoms with van der Waals surface area (Å²) in [6.45, 7) is 12.1. The standard InChI is InChI=1S/C25H38N2O3/c1-6-18(5)21(17(3)4)14-19-8-10-20(11-9-19)26-22-15-25(30)23(16-24(22)29)27(7-2)12-13-28/h8-11,15-18,21,26,28-30H,6-7,12-14H2,1-5H3. The molecular formula is C25H38N2O3. The maximum absolute atomic E-state index is 10.4. The monoisotopic (exact) mass is 414 g/mol. The van der Waals surface area contributed by atoms with Crippen molar-refractivity contribution in [2.45, 2.75) is 47.5 Å². The van der Waals surface area contributed by atoms with Crippen LogP contribution in [0.3, 0.4) is 0 Å². The van der Waals surface area contributed by atoms with Gasteiger partial charge in [-0.2, -0.15) is 0 Å². The van der Waals surface area contributed by atoms with Crippen LogP contribution >= 0.6 is 0 Å². The summed E-state index contributed by atoms with van der Waals surface area (Å²) in [5.74, 6) is 2.11. The van der Waals surface area contributed by atoms with Gasteiger partial charge in [-0.15, -0.1) is 0 Å². The first-order valence-electron chi connectivity index (χ1n) is 11.1. The highest BCUT2D eigenvalue weighted by molar-refractivity contribution is 5.74. The maximum Gasteiger partial charge on any atom is 0.141 e. The molecule has 4 N–H and O–H groups in total. The number of likely N-dealkylation sites (N-methyl/N-ethyl adjacent to an activating group) is 1. The van der Waals surface area contributed by atoms with Crippen LogP contribution in [0.25, 0.3) is 0 Å². The average Bonchev–Trinajstić information content (AvgIpc) is 2.73. The molecule has 2 aromatic rings. The summed E-state index contributed by atoms with van der Waals surface area (Å²) in [7, 11) is 0. The molecule has 0 spiro atoms. The molecule has 0 aliphatic rings. The van der Waals surface area contributed by atoms with Crippen molar-refractivity contribution in [1.29, 1.82) is 0 Å². The Labute approximate surface area is 181 Å². The largest absolute Gasteiger partial charge is 0.506 e. The van der Waals surface area contributed by atoms with Crippen molar-refractivity contribution in [3.8, 4) is 11.5 Å². The van der Waals surface area contributed by atoms with Crippen molar-refractivity contribution < 1.29 is 15.3 Å². The summed E-state index contributed by atoms with van der Waals surface area (Å²) in [6, 6.07) is 11.3. The number of rotatable bonds is 11. The molecule has 0 saturated carbocycles. The molecule has 0 radical (unpaired) electrons. The number of aliphatic hydroxyl groups is 1. The zero-order chi connectivity index (χ0) is 22.3. The number of benzene rings is 2. The summed E-state index contributed by atoms with van der Waals surface area (Å²) in [5.41, 5.74) is 3.12. The second-order valence-corrected chi connectivity index (χ2v) is 8.48. The Bertz CT molecular complexity index is 790. The molecule has 0 aromatic heterocycles. The molecule has 0 saturated heterocycles. The average molecular weight is 415 g/mol. The number of phenols is 2. The van der Waals surface area contributed by atoms with E-state index in [1.165, 1.54) is 24.1 Å². The number of phenolic OH excluding ortho intramolecular Hbond substituents is 2. The molecule has 2 atom stereocenters. The van der Waals surface area contributed by atoms with Gasteiger partial charge in [-0.3, -0.25) is 0 Å². The van der Waals surface area contributed by atoms with Gasteiger partial charge in [0.15, 0.2) is 0 Å². The third-order valence-electron chi connectivity index (χ3n) is 6.12. The quantitative estimate of drug-likeness (QED) is 0.288. The Morgan fingerprint density at radius 3 is 2.17 bits per heavy atom. The minimum Gasteiger partial charge on any atom is -0.506 e. The first kappa shape index (κ1) is 23.9. The van der Waals surface area contributed by atoms with Crippen LogP contribution in [-0.4, -0.2) is 35.0 Å². The van der Waals surface area contributed by atoms with Crippen LogP contribution in [0.1, 0.15) is 46.6 Å². The molecule has 2 rings (SSSR count). The highest BCUT2D eigenvalue weighted by Crippen LogP contribution is 2.38. The van der Waals surface area contributed by atoms with Gasteiger partial charge in [-0.05, 0) is 48.8 Å². The van der Waals surface area contributed by atoms with E-state index >= 15 is 0 Å². The molecule has 0 heterocycles. The molecule has 0 aliphatic carbocycles. The molecule has 2 aromatic carbocycles. The number of nitrogens with one attached hydrogen (secondary N) is 1. The maximum atomic E-state index is 10.4. The molecule has 2 unspecified atom stereocenters. The van der Waals surface area contributed by atoms with E-state index in [9.17, 15) is 15.3 Å². The molecular weight excluding hydrogens is 376 g/mol. The van der Waals surface area contributed by atoms with Crippen LogP contribution in [-0.2, 0) is 6.42 Å². The smallest absolute Gasteiger partial charge is 0.141 e. The topological polar surface area (TPSA) is 76.0 Å². The highest BCUT2D eigenvalue weighted by Gasteiger charge is 2.20. The van der Waals surface area contributed by atoms with Gasteiger partial charge in [-0.25, -0.2) is 0 Å². The first-order chi connectivity index (χ1) is 14.3. The molecule has 0 fully saturated rings. The van der Waals surface area contributed by atoms with E-state index < -0.39 is 0 Å². The van der Waals surface area contributed by atoms with E-state index in [-0.39, 0.29) is 18.1 Å². The zero-order valence-electron chi connectivity index (χ0n) is 19.0. The van der Waals surface area contributed by atoms with Crippen LogP contribution in [0.5, 0.6) is 11.5 Å². The summed E-state index contributed by atoms with van der Waals surface area (Å²) in [5, 5.41) is 33.2. The first-order valence-corrected chi connectivity index (χ1v) is 11.1. The summed E-state index contributed by atoms with van der Waals surface area (Å²) in [6.07, 6.45) is 2.25. The van der Waals surface area contributed by atoms with Crippen LogP contribution in [0.15, 0.2) is 36.4 Å². The van der Waals surface area contributed by atoms with E-state index in [0.717, 1.165) is 12.1 Å². The van der Waals surface area contributed by atoms with E-state index in [0.29, 0.717) is 42.2 Å². The van der Waals surface area contributed by atoms with Gasteiger partial charge in [0.2, 0.25) is 0 Å². The van der Waals surface area contributed by atoms with E-state index in [2.05, 4.69) is 45.1 Å². The summed E-state index contributed by atoms with van der Waals surface area (Å²) in [4.78, 5) is 1.82. The van der Waals surface area contributed by atoms with Crippen LogP contribution in [0.2, 0.25) is 0 Å². The fraction of sp³-hybridized carbons (Fsp3) is 0.520. The van der Waals surface area contributed by atoms with Gasteiger partial charge in [0.1, 0.15) is 11.5 Å². The second-order valence-electron chi connectivity index (χ2n) is 8.48. The van der Waals surface area contributed by atoms with E-state index in [1.807, 2.05) is 24.0 Å². The Balaban J connectivity index is 2.14. The van der Waals surface area contributed by atoms with Crippen molar-refractivity contribution in [3.05, 3.63) is 42.0 Å². The van der Waals surface area contributed by atoms with Gasteiger partial charge in [-0.1, -0.05) is 46.2 Å². The van der Waals surface area contributed by atoms with Crippen LogP contribution < -0.4 is 10.2 Å². The third-order valence-corrected chi connectivity index (χ3v) is 6.12. The van der Waals surface area contributed by atoms with Gasteiger partial charge in [0.05, 0.1) is 18.0 Å². The molecule has 0 aliphatic heterocycles. The number of anilines is 3. The van der Waals surface area contributed by atoms with E-state index in [1.54, 1.807) is 0 Å². The molecule has 5 heteroatoms. The Morgan fingerprint density at radius 1 is 0.967 bits per heavy atom. The number of hydrogen-bond acceptors (Lipinski definition) is 5. The van der Waals surface area contributed by atoms with Gasteiger partial charge in [0.25, 0.3) is 0 Å². The van der Waals surface area contributed by atoms with Crippen molar-refractivity contribution in [2.75, 3.05) is 29.9 Å². The minimum absolute atomic E-state index is 0.0188. The lowest BCUT2D eigenvalue weighted by Crippen LogP contribution is -2.26. The van der Waals surface area contributed by atoms with Gasteiger partial charge in [0, 0.05) is 30.9 Å². The zero-order valence-corrected chi connectivity index (χ0v) is 19.0. The number of aromatic hydroxyl groups is 2. The number of hydrogen-bond donors (Lipinski definition) is 4. The van der Waals surface area contributed by atoms with E-state index in [4.69, 9.17) is 0 Å². The fourth-order valence-electron chi connectivity index (χ4n) is 4.04. The van der Waals surface area contributed by atoms with Gasteiger partial charge >= 0.3 is 0 Å². The molecule has 30 heavy (non-hydrogen) atoms. The lowest BCUT2D eigenvalue weighted by Gasteiger charge is -2.27. The highest BCUT2D eigenvalue weighted by atomic mass is 16.3. The summed E-state index contributed by atoms with van der Waals surface area (Å²) < 4.78 is 0. The number of aliphatic hydroxyl groups excluding tert-OH is 1. The predicted molar refractivity (Wildman–Crippen MR) is 126 cm³/mol. The molecule has 0 bridgehead atoms. The SMILES string of the molecule is CCC(C)C(Cc1ccc(Nc2cc(O)c(N(CC)CCO)cc2O)cc1)C(C)C. The van der Waals surface area contributed by atoms with Crippen molar-refractivity contribution in [2.24, 2.45) is 17.8 Å². The predicted octanol–water partition coefficient (Wildman–Crippen LogP) is 5.52. The minimum atomic E-state index is -0.0188. The molecule has 5 nitrogen and oxygen atoms in total. The summed E-state index contributed by atoms with van der Waals surface area (Å²) >= 11 is 0. The Hall–Kier alpha value is -2.40. The number of nitrogens with zero attached hydrogens (tertiary/aromatic N) is 1. The second kappa shape index (κ2) is 11.1. The lowest BCUT2D eigenvalue weighted by molar-refractivity contribution is 0.262. The third kappa shape index (κ3) is 6.05. The van der Waals surface area contributed by atoms with Crippen LogP contribution in [0, 0.1) is 17.8 Å². The fourth-order valence-corrected chi connectivity index (χ4v) is 4.04. The van der Waals surface area contributed by atoms with Crippen molar-refractivity contribution in [3.63, 3.8) is 0 Å².